The molecule has 26 heavy (non-hydrogen) atoms. The Morgan fingerprint density at radius 3 is 3.00 bits per heavy atom. The van der Waals surface area contributed by atoms with E-state index in [2.05, 4.69) is 25.4 Å². The van der Waals surface area contributed by atoms with Gasteiger partial charge in [-0.25, -0.2) is 0 Å². The number of carbonyl (C=O) groups excluding carboxylic acids is 1. The number of anilines is 2. The van der Waals surface area contributed by atoms with E-state index < -0.39 is 0 Å². The summed E-state index contributed by atoms with van der Waals surface area (Å²) in [6, 6.07) is 11.6. The molecule has 2 N–H and O–H groups in total. The van der Waals surface area contributed by atoms with Crippen molar-refractivity contribution in [3.63, 3.8) is 0 Å². The van der Waals surface area contributed by atoms with Crippen LogP contribution in [0.25, 0.3) is 10.9 Å². The second-order valence-electron chi connectivity index (χ2n) is 6.49. The van der Waals surface area contributed by atoms with E-state index in [4.69, 9.17) is 4.74 Å². The molecule has 1 unspecified atom stereocenters. The molecular weight excluding hydrogens is 330 g/mol. The smallest absolute Gasteiger partial charge is 0.233 e. The molecular formula is C19H21N5O2. The zero-order chi connectivity index (χ0) is 17.9. The quantitative estimate of drug-likeness (QED) is 0.755. The predicted molar refractivity (Wildman–Crippen MR) is 100 cm³/mol. The number of ether oxygens (including phenoxy) is 1. The number of nitrogens with one attached hydrogen (secondary N) is 2. The minimum absolute atomic E-state index is 0.0473. The van der Waals surface area contributed by atoms with Crippen LogP contribution in [0, 0.1) is 5.92 Å². The molecule has 1 aliphatic rings. The maximum Gasteiger partial charge on any atom is 0.233 e. The summed E-state index contributed by atoms with van der Waals surface area (Å²) in [6.45, 7) is 1.51. The molecule has 1 saturated heterocycles. The van der Waals surface area contributed by atoms with Crippen molar-refractivity contribution in [1.29, 1.82) is 0 Å². The molecule has 2 aromatic heterocycles. The van der Waals surface area contributed by atoms with E-state index in [-0.39, 0.29) is 11.8 Å². The van der Waals surface area contributed by atoms with E-state index >= 15 is 0 Å². The molecule has 7 nitrogen and oxygen atoms in total. The monoisotopic (exact) mass is 351 g/mol. The molecule has 3 aromatic rings. The highest BCUT2D eigenvalue weighted by molar-refractivity contribution is 5.95. The number of methoxy groups -OCH3 is 1. The number of fused-ring (bicyclic) bond motifs is 1. The highest BCUT2D eigenvalue weighted by atomic mass is 16.5. The lowest BCUT2D eigenvalue weighted by Gasteiger charge is -2.32. The van der Waals surface area contributed by atoms with Gasteiger partial charge in [-0.2, -0.15) is 0 Å². The number of amides is 1. The van der Waals surface area contributed by atoms with Crippen LogP contribution in [0.4, 0.5) is 11.5 Å². The summed E-state index contributed by atoms with van der Waals surface area (Å²) >= 11 is 0. The molecule has 1 aliphatic heterocycles. The molecule has 0 radical (unpaired) electrons. The van der Waals surface area contributed by atoms with Gasteiger partial charge in [-0.3, -0.25) is 4.79 Å². The van der Waals surface area contributed by atoms with Crippen molar-refractivity contribution < 1.29 is 9.53 Å². The number of benzene rings is 1. The Balaban J connectivity index is 1.43. The summed E-state index contributed by atoms with van der Waals surface area (Å²) in [5.41, 5.74) is 1.88. The number of aromatic amines is 1. The van der Waals surface area contributed by atoms with Gasteiger partial charge in [0, 0.05) is 41.9 Å². The second-order valence-corrected chi connectivity index (χ2v) is 6.49. The highest BCUT2D eigenvalue weighted by Gasteiger charge is 2.27. The average molecular weight is 351 g/mol. The van der Waals surface area contributed by atoms with Crippen LogP contribution >= 0.6 is 0 Å². The van der Waals surface area contributed by atoms with Gasteiger partial charge in [0.2, 0.25) is 11.8 Å². The fourth-order valence-corrected chi connectivity index (χ4v) is 3.37. The van der Waals surface area contributed by atoms with Crippen LogP contribution in [-0.4, -0.2) is 41.3 Å². The molecule has 0 saturated carbocycles. The van der Waals surface area contributed by atoms with Crippen LogP contribution in [0.15, 0.2) is 42.6 Å². The third kappa shape index (κ3) is 3.33. The van der Waals surface area contributed by atoms with Crippen molar-refractivity contribution in [1.82, 2.24) is 15.2 Å². The minimum Gasteiger partial charge on any atom is -0.480 e. The maximum absolute atomic E-state index is 12.7. The summed E-state index contributed by atoms with van der Waals surface area (Å²) in [5.74, 6) is 1.23. The van der Waals surface area contributed by atoms with Gasteiger partial charge < -0.3 is 19.9 Å². The minimum atomic E-state index is -0.0745. The first kappa shape index (κ1) is 16.4. The summed E-state index contributed by atoms with van der Waals surface area (Å²) in [6.07, 6.45) is 3.71. The number of hydrogen-bond donors (Lipinski definition) is 2. The molecule has 0 aliphatic carbocycles. The van der Waals surface area contributed by atoms with Gasteiger partial charge in [0.15, 0.2) is 5.82 Å². The van der Waals surface area contributed by atoms with Crippen molar-refractivity contribution in [2.45, 2.75) is 12.8 Å². The molecule has 1 aromatic carbocycles. The van der Waals surface area contributed by atoms with Gasteiger partial charge in [-0.15, -0.1) is 10.2 Å². The van der Waals surface area contributed by atoms with Crippen LogP contribution in [0.3, 0.4) is 0 Å². The molecule has 1 atom stereocenters. The van der Waals surface area contributed by atoms with E-state index in [1.165, 1.54) is 0 Å². The van der Waals surface area contributed by atoms with Crippen molar-refractivity contribution in [3.05, 3.63) is 42.6 Å². The third-order valence-corrected chi connectivity index (χ3v) is 4.77. The lowest BCUT2D eigenvalue weighted by molar-refractivity contribution is -0.120. The normalized spacial score (nSPS) is 17.3. The summed E-state index contributed by atoms with van der Waals surface area (Å²) in [5, 5.41) is 12.3. The number of H-pyrrole nitrogens is 1. The number of aromatic nitrogens is 3. The third-order valence-electron chi connectivity index (χ3n) is 4.77. The summed E-state index contributed by atoms with van der Waals surface area (Å²) in [4.78, 5) is 18.0. The first-order valence-electron chi connectivity index (χ1n) is 8.73. The van der Waals surface area contributed by atoms with Gasteiger partial charge >= 0.3 is 0 Å². The van der Waals surface area contributed by atoms with Gasteiger partial charge in [0.1, 0.15) is 0 Å². The van der Waals surface area contributed by atoms with Gasteiger partial charge in [-0.05, 0) is 43.2 Å². The maximum atomic E-state index is 12.7. The number of hydrogen-bond acceptors (Lipinski definition) is 5. The molecule has 0 spiro atoms. The van der Waals surface area contributed by atoms with E-state index in [0.29, 0.717) is 12.4 Å². The van der Waals surface area contributed by atoms with Crippen LogP contribution < -0.4 is 15.0 Å². The molecule has 1 amide bonds. The molecule has 4 rings (SSSR count). The van der Waals surface area contributed by atoms with Crippen LogP contribution in [0.5, 0.6) is 5.88 Å². The zero-order valence-corrected chi connectivity index (χ0v) is 14.6. The Kier molecular flexibility index (Phi) is 4.43. The Bertz CT molecular complexity index is 906. The standard InChI is InChI=1S/C19H21N5O2/c1-26-18-7-6-17(22-23-18)24-10-2-3-14(12-24)19(25)21-15-4-5-16-13(11-15)8-9-20-16/h4-9,11,14,20H,2-3,10,12H2,1H3,(H,21,25). The van der Waals surface area contributed by atoms with Crippen molar-refractivity contribution in [3.8, 4) is 5.88 Å². The molecule has 1 fully saturated rings. The molecule has 0 bridgehead atoms. The topological polar surface area (TPSA) is 83.1 Å². The van der Waals surface area contributed by atoms with E-state index in [0.717, 1.165) is 41.8 Å². The Morgan fingerprint density at radius 2 is 2.19 bits per heavy atom. The van der Waals surface area contributed by atoms with Crippen LogP contribution in [-0.2, 0) is 4.79 Å². The number of nitrogens with zero attached hydrogens (tertiary/aromatic N) is 3. The Hall–Kier alpha value is -3.09. The van der Waals surface area contributed by atoms with Crippen molar-refractivity contribution in [2.24, 2.45) is 5.92 Å². The predicted octanol–water partition coefficient (Wildman–Crippen LogP) is 2.82. The number of carbonyl (C=O) groups is 1. The fourth-order valence-electron chi connectivity index (χ4n) is 3.37. The molecule has 3 heterocycles. The van der Waals surface area contributed by atoms with Crippen LogP contribution in [0.2, 0.25) is 0 Å². The lowest BCUT2D eigenvalue weighted by atomic mass is 9.97. The van der Waals surface area contributed by atoms with Gasteiger partial charge in [0.25, 0.3) is 0 Å². The largest absolute Gasteiger partial charge is 0.480 e. The number of piperidine rings is 1. The molecule has 7 heteroatoms. The highest BCUT2D eigenvalue weighted by Crippen LogP contribution is 2.24. The number of rotatable bonds is 4. The average Bonchev–Trinajstić information content (AvgIpc) is 3.16. The lowest BCUT2D eigenvalue weighted by Crippen LogP contribution is -2.41. The summed E-state index contributed by atoms with van der Waals surface area (Å²) < 4.78 is 5.05. The van der Waals surface area contributed by atoms with Crippen molar-refractivity contribution in [2.75, 3.05) is 30.4 Å². The fraction of sp³-hybridized carbons (Fsp3) is 0.316. The second kappa shape index (κ2) is 7.03. The summed E-state index contributed by atoms with van der Waals surface area (Å²) in [7, 11) is 1.57. The van der Waals surface area contributed by atoms with Crippen molar-refractivity contribution >= 4 is 28.3 Å². The molecule has 134 valence electrons. The Labute approximate surface area is 151 Å². The van der Waals surface area contributed by atoms with E-state index in [1.54, 1.807) is 13.2 Å². The van der Waals surface area contributed by atoms with E-state index in [9.17, 15) is 4.79 Å². The Morgan fingerprint density at radius 1 is 1.27 bits per heavy atom. The first-order valence-corrected chi connectivity index (χ1v) is 8.73. The SMILES string of the molecule is COc1ccc(N2CCCC(C(=O)Nc3ccc4[nH]ccc4c3)C2)nn1. The zero-order valence-electron chi connectivity index (χ0n) is 14.6. The first-order chi connectivity index (χ1) is 12.7. The van der Waals surface area contributed by atoms with Gasteiger partial charge in [0.05, 0.1) is 13.0 Å². The van der Waals surface area contributed by atoms with Gasteiger partial charge in [-0.1, -0.05) is 0 Å². The van der Waals surface area contributed by atoms with Crippen LogP contribution in [0.1, 0.15) is 12.8 Å². The van der Waals surface area contributed by atoms with E-state index in [1.807, 2.05) is 36.5 Å².